The molecule has 80 valence electrons. The largest absolute Gasteiger partial charge is 0.464 e. The van der Waals surface area contributed by atoms with Gasteiger partial charge in [-0.3, -0.25) is 0 Å². The van der Waals surface area contributed by atoms with Gasteiger partial charge in [0, 0.05) is 23.6 Å². The van der Waals surface area contributed by atoms with Crippen molar-refractivity contribution in [3.05, 3.63) is 34.5 Å². The molecule has 15 heavy (non-hydrogen) atoms. The first-order valence-corrected chi connectivity index (χ1v) is 5.75. The van der Waals surface area contributed by atoms with Gasteiger partial charge in [0.05, 0.1) is 6.26 Å². The summed E-state index contributed by atoms with van der Waals surface area (Å²) in [6.07, 6.45) is 3.86. The molecule has 0 aliphatic carbocycles. The van der Waals surface area contributed by atoms with E-state index in [2.05, 4.69) is 22.0 Å². The van der Waals surface area contributed by atoms with E-state index in [-0.39, 0.29) is 0 Å². The third kappa shape index (κ3) is 2.41. The molecule has 0 fully saturated rings. The van der Waals surface area contributed by atoms with Crippen molar-refractivity contribution in [1.82, 2.24) is 0 Å². The van der Waals surface area contributed by atoms with Gasteiger partial charge in [-0.25, -0.2) is 0 Å². The number of methoxy groups -OCH3 is 1. The normalized spacial score (nSPS) is 11.1. The Kier molecular flexibility index (Phi) is 3.44. The number of fused-ring (bicyclic) bond motifs is 1. The van der Waals surface area contributed by atoms with Crippen LogP contribution in [0.4, 0.5) is 0 Å². The van der Waals surface area contributed by atoms with Crippen molar-refractivity contribution in [1.29, 1.82) is 0 Å². The number of hydrogen-bond donors (Lipinski definition) is 0. The van der Waals surface area contributed by atoms with E-state index in [1.54, 1.807) is 7.11 Å². The number of ether oxygens (including phenoxy) is 1. The predicted octanol–water partition coefficient (Wildman–Crippen LogP) is 3.77. The standard InChI is InChI=1S/C12H13BrO2/c1-14-6-2-3-9-8-15-12-5-4-10(13)7-11(9)12/h4-5,7-8H,2-3,6H2,1H3. The molecular formula is C12H13BrO2. The van der Waals surface area contributed by atoms with E-state index in [0.717, 1.165) is 29.5 Å². The molecule has 2 aromatic rings. The molecule has 1 heterocycles. The zero-order chi connectivity index (χ0) is 10.7. The van der Waals surface area contributed by atoms with Crippen molar-refractivity contribution in [3.8, 4) is 0 Å². The van der Waals surface area contributed by atoms with Crippen molar-refractivity contribution in [2.24, 2.45) is 0 Å². The monoisotopic (exact) mass is 268 g/mol. The van der Waals surface area contributed by atoms with E-state index >= 15 is 0 Å². The molecule has 0 saturated heterocycles. The summed E-state index contributed by atoms with van der Waals surface area (Å²) in [6.45, 7) is 0.792. The Labute approximate surface area is 97.3 Å². The molecule has 3 heteroatoms. The van der Waals surface area contributed by atoms with Crippen LogP contribution in [0.5, 0.6) is 0 Å². The molecule has 0 unspecified atom stereocenters. The molecule has 1 aromatic carbocycles. The first-order chi connectivity index (χ1) is 7.31. The molecule has 0 bridgehead atoms. The Balaban J connectivity index is 2.23. The Morgan fingerprint density at radius 3 is 3.07 bits per heavy atom. The first-order valence-electron chi connectivity index (χ1n) is 4.96. The second-order valence-electron chi connectivity index (χ2n) is 3.50. The highest BCUT2D eigenvalue weighted by molar-refractivity contribution is 9.10. The summed E-state index contributed by atoms with van der Waals surface area (Å²) in [6, 6.07) is 6.07. The van der Waals surface area contributed by atoms with Crippen molar-refractivity contribution < 1.29 is 9.15 Å². The number of hydrogen-bond acceptors (Lipinski definition) is 2. The fourth-order valence-electron chi connectivity index (χ4n) is 1.65. The van der Waals surface area contributed by atoms with Crippen LogP contribution >= 0.6 is 15.9 Å². The lowest BCUT2D eigenvalue weighted by Gasteiger charge is -1.98. The number of furan rings is 1. The van der Waals surface area contributed by atoms with Crippen LogP contribution in [-0.2, 0) is 11.2 Å². The van der Waals surface area contributed by atoms with Gasteiger partial charge in [-0.1, -0.05) is 15.9 Å². The van der Waals surface area contributed by atoms with Crippen LogP contribution in [0.2, 0.25) is 0 Å². The average Bonchev–Trinajstić information content (AvgIpc) is 2.62. The predicted molar refractivity (Wildman–Crippen MR) is 64.1 cm³/mol. The van der Waals surface area contributed by atoms with Crippen molar-refractivity contribution in [3.63, 3.8) is 0 Å². The van der Waals surface area contributed by atoms with Crippen LogP contribution in [-0.4, -0.2) is 13.7 Å². The highest BCUT2D eigenvalue weighted by Gasteiger charge is 2.05. The van der Waals surface area contributed by atoms with E-state index < -0.39 is 0 Å². The summed E-state index contributed by atoms with van der Waals surface area (Å²) < 4.78 is 11.6. The Morgan fingerprint density at radius 2 is 2.27 bits per heavy atom. The molecule has 0 aliphatic rings. The Hall–Kier alpha value is -0.800. The maximum absolute atomic E-state index is 5.47. The van der Waals surface area contributed by atoms with Crippen molar-refractivity contribution in [2.45, 2.75) is 12.8 Å². The van der Waals surface area contributed by atoms with Crippen LogP contribution in [0.15, 0.2) is 33.4 Å². The van der Waals surface area contributed by atoms with Gasteiger partial charge >= 0.3 is 0 Å². The lowest BCUT2D eigenvalue weighted by Crippen LogP contribution is -1.91. The molecule has 1 aromatic heterocycles. The third-order valence-electron chi connectivity index (χ3n) is 2.41. The van der Waals surface area contributed by atoms with E-state index in [1.807, 2.05) is 18.4 Å². The fourth-order valence-corrected chi connectivity index (χ4v) is 2.02. The number of benzene rings is 1. The minimum atomic E-state index is 0.792. The van der Waals surface area contributed by atoms with Crippen LogP contribution in [0.25, 0.3) is 11.0 Å². The SMILES string of the molecule is COCCCc1coc2ccc(Br)cc12. The van der Waals surface area contributed by atoms with Crippen LogP contribution in [0, 0.1) is 0 Å². The molecule has 2 nitrogen and oxygen atoms in total. The van der Waals surface area contributed by atoms with Gasteiger partial charge in [-0.2, -0.15) is 0 Å². The highest BCUT2D eigenvalue weighted by atomic mass is 79.9. The van der Waals surface area contributed by atoms with Gasteiger partial charge in [0.15, 0.2) is 0 Å². The quantitative estimate of drug-likeness (QED) is 0.788. The van der Waals surface area contributed by atoms with Crippen LogP contribution < -0.4 is 0 Å². The van der Waals surface area contributed by atoms with Gasteiger partial charge in [0.2, 0.25) is 0 Å². The molecule has 0 amide bonds. The second kappa shape index (κ2) is 4.81. The van der Waals surface area contributed by atoms with E-state index in [4.69, 9.17) is 9.15 Å². The number of rotatable bonds is 4. The zero-order valence-corrected chi connectivity index (χ0v) is 10.2. The number of halogens is 1. The van der Waals surface area contributed by atoms with E-state index in [1.165, 1.54) is 10.9 Å². The maximum atomic E-state index is 5.47. The van der Waals surface area contributed by atoms with Crippen LogP contribution in [0.1, 0.15) is 12.0 Å². The van der Waals surface area contributed by atoms with Gasteiger partial charge in [-0.15, -0.1) is 0 Å². The smallest absolute Gasteiger partial charge is 0.134 e. The second-order valence-corrected chi connectivity index (χ2v) is 4.41. The van der Waals surface area contributed by atoms with Gasteiger partial charge in [0.25, 0.3) is 0 Å². The summed E-state index contributed by atoms with van der Waals surface area (Å²) in [4.78, 5) is 0. The maximum Gasteiger partial charge on any atom is 0.134 e. The lowest BCUT2D eigenvalue weighted by atomic mass is 10.1. The minimum absolute atomic E-state index is 0.792. The molecular weight excluding hydrogens is 256 g/mol. The Morgan fingerprint density at radius 1 is 1.40 bits per heavy atom. The van der Waals surface area contributed by atoms with Gasteiger partial charge < -0.3 is 9.15 Å². The average molecular weight is 269 g/mol. The highest BCUT2D eigenvalue weighted by Crippen LogP contribution is 2.25. The third-order valence-corrected chi connectivity index (χ3v) is 2.90. The summed E-state index contributed by atoms with van der Waals surface area (Å²) in [7, 11) is 1.73. The van der Waals surface area contributed by atoms with Crippen molar-refractivity contribution in [2.75, 3.05) is 13.7 Å². The van der Waals surface area contributed by atoms with Gasteiger partial charge in [0.1, 0.15) is 5.58 Å². The summed E-state index contributed by atoms with van der Waals surface area (Å²) in [5.74, 6) is 0. The molecule has 0 radical (unpaired) electrons. The summed E-state index contributed by atoms with van der Waals surface area (Å²) >= 11 is 3.47. The molecule has 0 N–H and O–H groups in total. The molecule has 0 aliphatic heterocycles. The molecule has 2 rings (SSSR count). The lowest BCUT2D eigenvalue weighted by molar-refractivity contribution is 0.195. The first kappa shape index (κ1) is 10.7. The number of aryl methyl sites for hydroxylation is 1. The zero-order valence-electron chi connectivity index (χ0n) is 8.63. The van der Waals surface area contributed by atoms with Crippen LogP contribution in [0.3, 0.4) is 0 Å². The summed E-state index contributed by atoms with van der Waals surface area (Å²) in [5.41, 5.74) is 2.20. The fraction of sp³-hybridized carbons (Fsp3) is 0.333. The Bertz CT molecular complexity index is 448. The summed E-state index contributed by atoms with van der Waals surface area (Å²) in [5, 5.41) is 1.19. The van der Waals surface area contributed by atoms with E-state index in [9.17, 15) is 0 Å². The molecule has 0 atom stereocenters. The minimum Gasteiger partial charge on any atom is -0.464 e. The topological polar surface area (TPSA) is 22.4 Å². The van der Waals surface area contributed by atoms with Gasteiger partial charge in [-0.05, 0) is 36.6 Å². The van der Waals surface area contributed by atoms with Crippen molar-refractivity contribution >= 4 is 26.9 Å². The molecule has 0 saturated carbocycles. The van der Waals surface area contributed by atoms with E-state index in [0.29, 0.717) is 0 Å². The molecule has 0 spiro atoms.